The van der Waals surface area contributed by atoms with Crippen molar-refractivity contribution in [1.82, 2.24) is 19.6 Å². The SMILES string of the molecule is CCC(=C(c1ccccc1)c1ccc(OCCN(C)c2cccc(-c3cn(CCn4ccc(=O)c(O)c4C)nn3)c2)cc1)c1ccccc1. The number of aryl methyl sites for hydroxylation is 2. The fraction of sp³-hybridized carbons (Fsp3) is 0.195. The number of nitrogens with zero attached hydrogens (tertiary/aromatic N) is 5. The van der Waals surface area contributed by atoms with Crippen molar-refractivity contribution in [3.63, 3.8) is 0 Å². The van der Waals surface area contributed by atoms with Gasteiger partial charge in [0.2, 0.25) is 5.43 Å². The summed E-state index contributed by atoms with van der Waals surface area (Å²) in [5.74, 6) is 0.612. The molecule has 8 heteroatoms. The number of hydrogen-bond donors (Lipinski definition) is 1. The van der Waals surface area contributed by atoms with Crippen molar-refractivity contribution in [1.29, 1.82) is 0 Å². The number of hydrogen-bond acceptors (Lipinski definition) is 6. The van der Waals surface area contributed by atoms with Gasteiger partial charge in [-0.15, -0.1) is 5.10 Å². The predicted octanol–water partition coefficient (Wildman–Crippen LogP) is 7.71. The van der Waals surface area contributed by atoms with Crippen molar-refractivity contribution in [3.05, 3.63) is 160 Å². The summed E-state index contributed by atoms with van der Waals surface area (Å²) in [6, 6.07) is 39.2. The molecule has 1 N–H and O–H groups in total. The second-order valence-electron chi connectivity index (χ2n) is 12.0. The number of rotatable bonds is 13. The lowest BCUT2D eigenvalue weighted by atomic mass is 9.88. The third kappa shape index (κ3) is 7.81. The Kier molecular flexibility index (Phi) is 10.3. The van der Waals surface area contributed by atoms with Crippen LogP contribution in [0.2, 0.25) is 0 Å². The van der Waals surface area contributed by atoms with E-state index >= 15 is 0 Å². The van der Waals surface area contributed by atoms with E-state index in [0.717, 1.165) is 34.7 Å². The average molecular weight is 652 g/mol. The van der Waals surface area contributed by atoms with Crippen LogP contribution in [-0.4, -0.2) is 44.9 Å². The molecule has 8 nitrogen and oxygen atoms in total. The Morgan fingerprint density at radius 3 is 2.24 bits per heavy atom. The Balaban J connectivity index is 1.08. The van der Waals surface area contributed by atoms with Crippen LogP contribution in [0.25, 0.3) is 22.4 Å². The highest BCUT2D eigenvalue weighted by atomic mass is 16.5. The van der Waals surface area contributed by atoms with Gasteiger partial charge >= 0.3 is 0 Å². The zero-order valence-corrected chi connectivity index (χ0v) is 28.2. The number of aromatic hydroxyl groups is 1. The van der Waals surface area contributed by atoms with Crippen LogP contribution in [0.5, 0.6) is 11.5 Å². The molecule has 0 saturated heterocycles. The molecule has 0 spiro atoms. The van der Waals surface area contributed by atoms with Crippen molar-refractivity contribution in [2.45, 2.75) is 33.4 Å². The summed E-state index contributed by atoms with van der Waals surface area (Å²) in [6.45, 7) is 6.26. The van der Waals surface area contributed by atoms with E-state index < -0.39 is 0 Å². The Morgan fingerprint density at radius 2 is 1.53 bits per heavy atom. The quantitative estimate of drug-likeness (QED) is 0.129. The minimum absolute atomic E-state index is 0.221. The maximum absolute atomic E-state index is 11.7. The lowest BCUT2D eigenvalue weighted by Crippen LogP contribution is -2.23. The van der Waals surface area contributed by atoms with E-state index in [1.54, 1.807) is 17.8 Å². The van der Waals surface area contributed by atoms with Gasteiger partial charge in [-0.05, 0) is 65.4 Å². The Morgan fingerprint density at radius 1 is 0.837 bits per heavy atom. The van der Waals surface area contributed by atoms with E-state index in [1.165, 1.54) is 28.3 Å². The standard InChI is InChI=1S/C41H41N5O3/c1-4-37(31-12-7-5-8-13-31)40(32-14-9-6-10-15-32)33-18-20-36(21-19-33)49-27-26-44(3)35-17-11-16-34(28-35)38-29-46(43-42-38)25-24-45-23-22-39(47)41(48)30(45)2/h5-23,28-29,48H,4,24-27H2,1-3H3. The third-order valence-electron chi connectivity index (χ3n) is 8.78. The molecule has 2 heterocycles. The predicted molar refractivity (Wildman–Crippen MR) is 197 cm³/mol. The minimum Gasteiger partial charge on any atom is -0.503 e. The molecule has 49 heavy (non-hydrogen) atoms. The lowest BCUT2D eigenvalue weighted by molar-refractivity contribution is 0.326. The van der Waals surface area contributed by atoms with Crippen molar-refractivity contribution in [3.8, 4) is 22.8 Å². The van der Waals surface area contributed by atoms with Crippen LogP contribution in [-0.2, 0) is 13.1 Å². The second kappa shape index (κ2) is 15.3. The highest BCUT2D eigenvalue weighted by molar-refractivity contribution is 5.98. The summed E-state index contributed by atoms with van der Waals surface area (Å²) in [6.07, 6.45) is 4.51. The lowest BCUT2D eigenvalue weighted by Gasteiger charge is -2.20. The van der Waals surface area contributed by atoms with Gasteiger partial charge in [-0.2, -0.15) is 0 Å². The molecule has 0 unspecified atom stereocenters. The van der Waals surface area contributed by atoms with E-state index in [0.29, 0.717) is 31.9 Å². The molecule has 0 aliphatic rings. The van der Waals surface area contributed by atoms with Crippen LogP contribution in [0.4, 0.5) is 5.69 Å². The van der Waals surface area contributed by atoms with Gasteiger partial charge in [0, 0.05) is 37.1 Å². The summed E-state index contributed by atoms with van der Waals surface area (Å²) in [4.78, 5) is 13.8. The molecule has 6 rings (SSSR count). The number of allylic oxidation sites excluding steroid dienone is 1. The zero-order chi connectivity index (χ0) is 34.2. The molecule has 0 amide bonds. The van der Waals surface area contributed by atoms with E-state index in [-0.39, 0.29) is 11.2 Å². The van der Waals surface area contributed by atoms with Crippen LogP contribution in [0, 0.1) is 6.92 Å². The summed E-state index contributed by atoms with van der Waals surface area (Å²) >= 11 is 0. The maximum Gasteiger partial charge on any atom is 0.223 e. The zero-order valence-electron chi connectivity index (χ0n) is 28.2. The highest BCUT2D eigenvalue weighted by Gasteiger charge is 2.14. The second-order valence-corrected chi connectivity index (χ2v) is 12.0. The monoisotopic (exact) mass is 651 g/mol. The molecule has 4 aromatic carbocycles. The smallest absolute Gasteiger partial charge is 0.223 e. The molecule has 0 radical (unpaired) electrons. The van der Waals surface area contributed by atoms with E-state index in [9.17, 15) is 9.90 Å². The summed E-state index contributed by atoms with van der Waals surface area (Å²) in [5.41, 5.74) is 9.10. The van der Waals surface area contributed by atoms with Gasteiger partial charge in [0.05, 0.1) is 25.0 Å². The maximum atomic E-state index is 11.7. The molecule has 0 atom stereocenters. The number of pyridine rings is 1. The van der Waals surface area contributed by atoms with Crippen LogP contribution in [0.1, 0.15) is 35.7 Å². The number of likely N-dealkylation sites (N-methyl/N-ethyl adjacent to an activating group) is 1. The Labute approximate surface area is 287 Å². The van der Waals surface area contributed by atoms with Gasteiger partial charge in [0.1, 0.15) is 18.1 Å². The first-order valence-corrected chi connectivity index (χ1v) is 16.6. The number of benzene rings is 4. The molecular weight excluding hydrogens is 610 g/mol. The molecular formula is C41H41N5O3. The van der Waals surface area contributed by atoms with Crippen LogP contribution < -0.4 is 15.1 Å². The molecule has 0 fully saturated rings. The molecule has 248 valence electrons. The molecule has 2 aromatic heterocycles. The summed E-state index contributed by atoms with van der Waals surface area (Å²) in [7, 11) is 2.05. The van der Waals surface area contributed by atoms with Gasteiger partial charge in [0.15, 0.2) is 5.75 Å². The van der Waals surface area contributed by atoms with Crippen molar-refractivity contribution < 1.29 is 9.84 Å². The largest absolute Gasteiger partial charge is 0.503 e. The van der Waals surface area contributed by atoms with E-state index in [1.807, 2.05) is 22.9 Å². The fourth-order valence-electron chi connectivity index (χ4n) is 5.99. The van der Waals surface area contributed by atoms with Gasteiger partial charge in [-0.1, -0.05) is 97.1 Å². The van der Waals surface area contributed by atoms with Gasteiger partial charge in [-0.3, -0.25) is 9.48 Å². The highest BCUT2D eigenvalue weighted by Crippen LogP contribution is 2.35. The molecule has 0 bridgehead atoms. The first-order valence-electron chi connectivity index (χ1n) is 16.6. The van der Waals surface area contributed by atoms with Gasteiger partial charge in [0.25, 0.3) is 0 Å². The number of anilines is 1. The van der Waals surface area contributed by atoms with Crippen molar-refractivity contribution >= 4 is 16.8 Å². The number of aromatic nitrogens is 4. The third-order valence-corrected chi connectivity index (χ3v) is 8.78. The summed E-state index contributed by atoms with van der Waals surface area (Å²) in [5, 5.41) is 18.6. The molecule has 0 aliphatic heterocycles. The van der Waals surface area contributed by atoms with Gasteiger partial charge < -0.3 is 19.3 Å². The molecule has 0 saturated carbocycles. The van der Waals surface area contributed by atoms with E-state index in [4.69, 9.17) is 4.74 Å². The summed E-state index contributed by atoms with van der Waals surface area (Å²) < 4.78 is 9.79. The normalized spacial score (nSPS) is 11.7. The van der Waals surface area contributed by atoms with Crippen LogP contribution >= 0.6 is 0 Å². The van der Waals surface area contributed by atoms with Crippen molar-refractivity contribution in [2.75, 3.05) is 25.1 Å². The number of ether oxygens (including phenoxy) is 1. The molecule has 0 aliphatic carbocycles. The van der Waals surface area contributed by atoms with Crippen LogP contribution in [0.15, 0.2) is 132 Å². The van der Waals surface area contributed by atoms with Crippen molar-refractivity contribution in [2.24, 2.45) is 0 Å². The topological polar surface area (TPSA) is 85.4 Å². The Bertz CT molecular complexity index is 2080. The van der Waals surface area contributed by atoms with E-state index in [2.05, 4.69) is 126 Å². The average Bonchev–Trinajstić information content (AvgIpc) is 3.63. The molecule has 6 aromatic rings. The fourth-order valence-corrected chi connectivity index (χ4v) is 5.99. The minimum atomic E-state index is -0.377. The Hall–Kier alpha value is -5.89. The first-order chi connectivity index (χ1) is 23.9. The van der Waals surface area contributed by atoms with Gasteiger partial charge in [-0.25, -0.2) is 0 Å². The van der Waals surface area contributed by atoms with Crippen LogP contribution in [0.3, 0.4) is 0 Å². The first kappa shape index (κ1) is 33.0.